The van der Waals surface area contributed by atoms with Crippen molar-refractivity contribution in [2.45, 2.75) is 13.8 Å². The largest absolute Gasteiger partial charge is 0.307 e. The van der Waals surface area contributed by atoms with Crippen LogP contribution in [0.25, 0.3) is 0 Å². The highest BCUT2D eigenvalue weighted by atomic mass is 79.9. The molecule has 0 saturated heterocycles. The molecule has 4 nitrogen and oxygen atoms in total. The van der Waals surface area contributed by atoms with Crippen LogP contribution in [-0.2, 0) is 0 Å². The maximum Gasteiger partial charge on any atom is 0.256 e. The van der Waals surface area contributed by atoms with Gasteiger partial charge in [0.05, 0.1) is 0 Å². The molecule has 1 N–H and O–H groups in total. The van der Waals surface area contributed by atoms with E-state index in [4.69, 9.17) is 0 Å². The van der Waals surface area contributed by atoms with E-state index in [-0.39, 0.29) is 5.91 Å². The number of anilines is 1. The van der Waals surface area contributed by atoms with Gasteiger partial charge in [-0.15, -0.1) is 0 Å². The lowest BCUT2D eigenvalue weighted by atomic mass is 10.2. The Hall–Kier alpha value is -1.75. The Balaban J connectivity index is 2.21. The number of aryl methyl sites for hydroxylation is 2. The molecule has 0 unspecified atom stereocenters. The smallest absolute Gasteiger partial charge is 0.256 e. The van der Waals surface area contributed by atoms with Crippen LogP contribution >= 0.6 is 15.9 Å². The summed E-state index contributed by atoms with van der Waals surface area (Å²) >= 11 is 3.23. The summed E-state index contributed by atoms with van der Waals surface area (Å²) in [6.45, 7) is 3.86. The van der Waals surface area contributed by atoms with Gasteiger partial charge < -0.3 is 5.32 Å². The van der Waals surface area contributed by atoms with Crippen molar-refractivity contribution in [1.29, 1.82) is 0 Å². The Morgan fingerprint density at radius 2 is 2.06 bits per heavy atom. The molecule has 0 spiro atoms. The molecule has 0 bridgehead atoms. The molecule has 18 heavy (non-hydrogen) atoms. The summed E-state index contributed by atoms with van der Waals surface area (Å²) in [5.41, 5.74) is 2.48. The number of hydrogen-bond acceptors (Lipinski definition) is 3. The molecule has 2 heterocycles. The van der Waals surface area contributed by atoms with Crippen LogP contribution in [0, 0.1) is 13.8 Å². The summed E-state index contributed by atoms with van der Waals surface area (Å²) in [6.07, 6.45) is 1.58. The molecule has 0 radical (unpaired) electrons. The van der Waals surface area contributed by atoms with Crippen molar-refractivity contribution in [2.75, 3.05) is 5.32 Å². The fraction of sp³-hybridized carbons (Fsp3) is 0.154. The molecule has 92 valence electrons. The van der Waals surface area contributed by atoms with Crippen molar-refractivity contribution in [1.82, 2.24) is 9.97 Å². The van der Waals surface area contributed by atoms with E-state index in [9.17, 15) is 4.79 Å². The number of rotatable bonds is 2. The van der Waals surface area contributed by atoms with Gasteiger partial charge in [0.15, 0.2) is 0 Å². The molecule has 0 aliphatic rings. The van der Waals surface area contributed by atoms with Gasteiger partial charge in [0, 0.05) is 17.5 Å². The SMILES string of the molecule is Cc1cc(C)nc(NC(=O)c2ccnc(Br)c2)c1. The third-order valence-corrected chi connectivity index (χ3v) is 2.76. The second kappa shape index (κ2) is 5.27. The van der Waals surface area contributed by atoms with Gasteiger partial charge in [0.2, 0.25) is 0 Å². The summed E-state index contributed by atoms with van der Waals surface area (Å²) in [4.78, 5) is 20.2. The van der Waals surface area contributed by atoms with E-state index >= 15 is 0 Å². The van der Waals surface area contributed by atoms with Gasteiger partial charge in [-0.3, -0.25) is 4.79 Å². The molecule has 0 aromatic carbocycles. The van der Waals surface area contributed by atoms with E-state index in [2.05, 4.69) is 31.2 Å². The predicted octanol–water partition coefficient (Wildman–Crippen LogP) is 3.11. The Morgan fingerprint density at radius 1 is 1.28 bits per heavy atom. The van der Waals surface area contributed by atoms with Crippen LogP contribution in [0.2, 0.25) is 0 Å². The first-order valence-electron chi connectivity index (χ1n) is 5.43. The number of amides is 1. The molecule has 0 atom stereocenters. The third kappa shape index (κ3) is 3.13. The number of aromatic nitrogens is 2. The second-order valence-electron chi connectivity index (χ2n) is 3.99. The average molecular weight is 306 g/mol. The van der Waals surface area contributed by atoms with Gasteiger partial charge in [0.1, 0.15) is 10.4 Å². The molecule has 5 heteroatoms. The minimum Gasteiger partial charge on any atom is -0.307 e. The molecule has 0 fully saturated rings. The van der Waals surface area contributed by atoms with Gasteiger partial charge in [-0.2, -0.15) is 0 Å². The van der Waals surface area contributed by atoms with Crippen molar-refractivity contribution < 1.29 is 4.79 Å². The van der Waals surface area contributed by atoms with Gasteiger partial charge in [-0.05, 0) is 59.6 Å². The molecule has 0 saturated carbocycles. The molecule has 2 rings (SSSR count). The lowest BCUT2D eigenvalue weighted by Gasteiger charge is -2.06. The monoisotopic (exact) mass is 305 g/mol. The van der Waals surface area contributed by atoms with E-state index < -0.39 is 0 Å². The summed E-state index contributed by atoms with van der Waals surface area (Å²) in [5.74, 6) is 0.362. The summed E-state index contributed by atoms with van der Waals surface area (Å²) in [6, 6.07) is 7.11. The number of carbonyl (C=O) groups is 1. The van der Waals surface area contributed by atoms with Crippen molar-refractivity contribution >= 4 is 27.7 Å². The maximum atomic E-state index is 12.0. The summed E-state index contributed by atoms with van der Waals surface area (Å²) in [5, 5.41) is 2.77. The first kappa shape index (κ1) is 12.7. The highest BCUT2D eigenvalue weighted by molar-refractivity contribution is 9.10. The van der Waals surface area contributed by atoms with E-state index in [0.717, 1.165) is 11.3 Å². The Kier molecular flexibility index (Phi) is 3.72. The number of carbonyl (C=O) groups excluding carboxylic acids is 1. The fourth-order valence-electron chi connectivity index (χ4n) is 1.64. The van der Waals surface area contributed by atoms with E-state index in [1.165, 1.54) is 0 Å². The highest BCUT2D eigenvalue weighted by Crippen LogP contribution is 2.12. The van der Waals surface area contributed by atoms with Crippen molar-refractivity contribution in [3.05, 3.63) is 51.9 Å². The Labute approximate surface area is 114 Å². The minimum atomic E-state index is -0.199. The van der Waals surface area contributed by atoms with Crippen LogP contribution < -0.4 is 5.32 Å². The normalized spacial score (nSPS) is 10.2. The first-order chi connectivity index (χ1) is 8.54. The van der Waals surface area contributed by atoms with Gasteiger partial charge in [-0.25, -0.2) is 9.97 Å². The molecule has 1 amide bonds. The zero-order valence-corrected chi connectivity index (χ0v) is 11.7. The number of nitrogens with one attached hydrogen (secondary N) is 1. The van der Waals surface area contributed by atoms with Gasteiger partial charge in [-0.1, -0.05) is 0 Å². The standard InChI is InChI=1S/C13H12BrN3O/c1-8-5-9(2)16-12(6-8)17-13(18)10-3-4-15-11(14)7-10/h3-7H,1-2H3,(H,16,17,18). The first-order valence-corrected chi connectivity index (χ1v) is 6.22. The highest BCUT2D eigenvalue weighted by Gasteiger charge is 2.08. The van der Waals surface area contributed by atoms with Crippen LogP contribution in [-0.4, -0.2) is 15.9 Å². The minimum absolute atomic E-state index is 0.199. The number of nitrogens with zero attached hydrogens (tertiary/aromatic N) is 2. The fourth-order valence-corrected chi connectivity index (χ4v) is 2.00. The van der Waals surface area contributed by atoms with E-state index in [1.807, 2.05) is 26.0 Å². The summed E-state index contributed by atoms with van der Waals surface area (Å²) in [7, 11) is 0. The Bertz CT molecular complexity index is 578. The zero-order chi connectivity index (χ0) is 13.1. The number of halogens is 1. The lowest BCUT2D eigenvalue weighted by molar-refractivity contribution is 0.102. The molecule has 0 aliphatic carbocycles. The van der Waals surface area contributed by atoms with Crippen LogP contribution in [0.15, 0.2) is 35.1 Å². The molecule has 2 aromatic heterocycles. The maximum absolute atomic E-state index is 12.0. The van der Waals surface area contributed by atoms with Crippen molar-refractivity contribution in [2.24, 2.45) is 0 Å². The molecular weight excluding hydrogens is 294 g/mol. The van der Waals surface area contributed by atoms with E-state index in [1.54, 1.807) is 18.3 Å². The lowest BCUT2D eigenvalue weighted by Crippen LogP contribution is -2.13. The van der Waals surface area contributed by atoms with Crippen molar-refractivity contribution in [3.63, 3.8) is 0 Å². The third-order valence-electron chi connectivity index (χ3n) is 2.33. The number of pyridine rings is 2. The quantitative estimate of drug-likeness (QED) is 0.867. The molecule has 2 aromatic rings. The average Bonchev–Trinajstić information content (AvgIpc) is 2.27. The second-order valence-corrected chi connectivity index (χ2v) is 4.80. The van der Waals surface area contributed by atoms with Crippen LogP contribution in [0.5, 0.6) is 0 Å². The summed E-state index contributed by atoms with van der Waals surface area (Å²) < 4.78 is 0.628. The molecular formula is C13H12BrN3O. The van der Waals surface area contributed by atoms with E-state index in [0.29, 0.717) is 16.0 Å². The van der Waals surface area contributed by atoms with Gasteiger partial charge >= 0.3 is 0 Å². The topological polar surface area (TPSA) is 54.9 Å². The Morgan fingerprint density at radius 3 is 2.72 bits per heavy atom. The van der Waals surface area contributed by atoms with Crippen molar-refractivity contribution in [3.8, 4) is 0 Å². The van der Waals surface area contributed by atoms with Crippen LogP contribution in [0.3, 0.4) is 0 Å². The molecule has 0 aliphatic heterocycles. The zero-order valence-electron chi connectivity index (χ0n) is 10.1. The van der Waals surface area contributed by atoms with Gasteiger partial charge in [0.25, 0.3) is 5.91 Å². The number of hydrogen-bond donors (Lipinski definition) is 1. The van der Waals surface area contributed by atoms with Crippen LogP contribution in [0.1, 0.15) is 21.6 Å². The predicted molar refractivity (Wildman–Crippen MR) is 73.6 cm³/mol. The van der Waals surface area contributed by atoms with Crippen LogP contribution in [0.4, 0.5) is 5.82 Å².